The largest absolute Gasteiger partial charge is 0.388 e. The Balaban J connectivity index is 1.69. The second-order valence-electron chi connectivity index (χ2n) is 4.69. The van der Waals surface area contributed by atoms with Gasteiger partial charge in [0.15, 0.2) is 5.65 Å². The minimum absolute atomic E-state index is 0.620. The van der Waals surface area contributed by atoms with Crippen molar-refractivity contribution in [2.45, 2.75) is 38.1 Å². The summed E-state index contributed by atoms with van der Waals surface area (Å²) in [6.07, 6.45) is 13.8. The third-order valence-corrected chi connectivity index (χ3v) is 3.43. The van der Waals surface area contributed by atoms with E-state index in [0.29, 0.717) is 11.7 Å². The molecule has 0 bridgehead atoms. The Kier molecular flexibility index (Phi) is 3.21. The first-order chi connectivity index (χ1) is 8.93. The third kappa shape index (κ3) is 2.34. The average Bonchev–Trinajstić information content (AvgIpc) is 2.89. The van der Waals surface area contributed by atoms with Gasteiger partial charge in [0.1, 0.15) is 11.8 Å². The van der Waals surface area contributed by atoms with Crippen LogP contribution in [-0.4, -0.2) is 26.0 Å². The second-order valence-corrected chi connectivity index (χ2v) is 4.69. The van der Waals surface area contributed by atoms with Gasteiger partial charge < -0.3 is 10.3 Å². The number of aromatic amines is 1. The highest BCUT2D eigenvalue weighted by Crippen LogP contribution is 2.17. The fourth-order valence-electron chi connectivity index (χ4n) is 2.44. The van der Waals surface area contributed by atoms with E-state index in [1.54, 1.807) is 12.7 Å². The Morgan fingerprint density at radius 1 is 1.17 bits per heavy atom. The monoisotopic (exact) mass is 243 g/mol. The summed E-state index contributed by atoms with van der Waals surface area (Å²) in [7, 11) is 0. The number of aromatic nitrogens is 4. The van der Waals surface area contributed by atoms with Gasteiger partial charge >= 0.3 is 0 Å². The molecule has 0 saturated heterocycles. The van der Waals surface area contributed by atoms with Crippen LogP contribution in [0.4, 0.5) is 0 Å². The Labute approximate surface area is 106 Å². The summed E-state index contributed by atoms with van der Waals surface area (Å²) in [6.45, 7) is 0. The van der Waals surface area contributed by atoms with Crippen LogP contribution in [0.25, 0.3) is 17.2 Å². The van der Waals surface area contributed by atoms with E-state index in [4.69, 9.17) is 0 Å². The number of hydrogen-bond donors (Lipinski definition) is 2. The van der Waals surface area contributed by atoms with Gasteiger partial charge in [-0.1, -0.05) is 19.3 Å². The molecule has 0 atom stereocenters. The van der Waals surface area contributed by atoms with Crippen LogP contribution in [0.2, 0.25) is 0 Å². The maximum Gasteiger partial charge on any atom is 0.181 e. The average molecular weight is 243 g/mol. The van der Waals surface area contributed by atoms with Crippen LogP contribution in [0.1, 0.15) is 37.8 Å². The van der Waals surface area contributed by atoms with Gasteiger partial charge in [0.25, 0.3) is 0 Å². The molecular weight excluding hydrogens is 226 g/mol. The summed E-state index contributed by atoms with van der Waals surface area (Å²) in [5, 5.41) is 3.45. The summed E-state index contributed by atoms with van der Waals surface area (Å²) in [6, 6.07) is 0.620. The molecule has 1 fully saturated rings. The predicted octanol–water partition coefficient (Wildman–Crippen LogP) is 2.25. The molecule has 0 unspecified atom stereocenters. The predicted molar refractivity (Wildman–Crippen MR) is 70.7 cm³/mol. The van der Waals surface area contributed by atoms with Gasteiger partial charge in [-0.15, -0.1) is 0 Å². The van der Waals surface area contributed by atoms with Gasteiger partial charge in [-0.3, -0.25) is 0 Å². The molecule has 5 heteroatoms. The fourth-order valence-corrected chi connectivity index (χ4v) is 2.44. The van der Waals surface area contributed by atoms with Crippen molar-refractivity contribution in [2.24, 2.45) is 0 Å². The van der Waals surface area contributed by atoms with Crippen molar-refractivity contribution in [2.75, 3.05) is 0 Å². The van der Waals surface area contributed by atoms with Gasteiger partial charge in [-0.05, 0) is 25.1 Å². The lowest BCUT2D eigenvalue weighted by Gasteiger charge is -2.21. The van der Waals surface area contributed by atoms with Crippen molar-refractivity contribution >= 4 is 17.2 Å². The Morgan fingerprint density at radius 3 is 2.94 bits per heavy atom. The molecule has 1 saturated carbocycles. The van der Waals surface area contributed by atoms with E-state index >= 15 is 0 Å². The van der Waals surface area contributed by atoms with E-state index in [2.05, 4.69) is 25.3 Å². The maximum atomic E-state index is 4.25. The van der Waals surface area contributed by atoms with E-state index in [1.165, 1.54) is 32.1 Å². The van der Waals surface area contributed by atoms with Crippen molar-refractivity contribution in [3.8, 4) is 0 Å². The Bertz CT molecular complexity index is 539. The van der Waals surface area contributed by atoms with Gasteiger partial charge in [0.2, 0.25) is 0 Å². The maximum absolute atomic E-state index is 4.25. The van der Waals surface area contributed by atoms with Gasteiger partial charge in [-0.25, -0.2) is 15.0 Å². The fraction of sp³-hybridized carbons (Fsp3) is 0.462. The second kappa shape index (κ2) is 5.16. The zero-order valence-electron chi connectivity index (χ0n) is 10.3. The molecule has 0 spiro atoms. The van der Waals surface area contributed by atoms with Crippen molar-refractivity contribution in [1.82, 2.24) is 25.3 Å². The molecule has 1 aliphatic carbocycles. The smallest absolute Gasteiger partial charge is 0.181 e. The van der Waals surface area contributed by atoms with Crippen LogP contribution < -0.4 is 5.32 Å². The summed E-state index contributed by atoms with van der Waals surface area (Å²) < 4.78 is 0. The lowest BCUT2D eigenvalue weighted by Crippen LogP contribution is -2.26. The molecular formula is C13H17N5. The van der Waals surface area contributed by atoms with E-state index in [1.807, 2.05) is 12.3 Å². The van der Waals surface area contributed by atoms with Crippen LogP contribution in [-0.2, 0) is 0 Å². The molecule has 2 N–H and O–H groups in total. The van der Waals surface area contributed by atoms with Crippen molar-refractivity contribution in [3.63, 3.8) is 0 Å². The highest BCUT2D eigenvalue weighted by Gasteiger charge is 2.10. The van der Waals surface area contributed by atoms with Crippen LogP contribution >= 0.6 is 0 Å². The van der Waals surface area contributed by atoms with Crippen LogP contribution in [0.3, 0.4) is 0 Å². The number of imidazole rings is 1. The van der Waals surface area contributed by atoms with Gasteiger partial charge in [0.05, 0.1) is 12.0 Å². The van der Waals surface area contributed by atoms with Crippen molar-refractivity contribution in [1.29, 1.82) is 0 Å². The van der Waals surface area contributed by atoms with E-state index in [9.17, 15) is 0 Å². The number of nitrogens with zero attached hydrogens (tertiary/aromatic N) is 3. The number of rotatable bonds is 3. The first-order valence-corrected chi connectivity index (χ1v) is 6.50. The molecule has 0 aromatic carbocycles. The lowest BCUT2D eigenvalue weighted by molar-refractivity contribution is 0.405. The topological polar surface area (TPSA) is 66.5 Å². The molecule has 2 heterocycles. The van der Waals surface area contributed by atoms with E-state index in [-0.39, 0.29) is 0 Å². The standard InChI is InChI=1S/C13H17N5/c1-2-4-10(5-3-1)14-7-6-11-12-13(17-8-15-11)18-9-16-12/h6-10,14H,1-5H2,(H,15,16,17,18)/b7-6+. The molecule has 18 heavy (non-hydrogen) atoms. The number of nitrogens with one attached hydrogen (secondary N) is 2. The number of H-pyrrole nitrogens is 1. The van der Waals surface area contributed by atoms with E-state index in [0.717, 1.165) is 11.2 Å². The summed E-state index contributed by atoms with van der Waals surface area (Å²) >= 11 is 0. The zero-order valence-corrected chi connectivity index (χ0v) is 10.3. The molecule has 0 amide bonds. The zero-order chi connectivity index (χ0) is 12.2. The molecule has 2 aromatic rings. The quantitative estimate of drug-likeness (QED) is 0.867. The number of hydrogen-bond acceptors (Lipinski definition) is 4. The molecule has 3 rings (SSSR count). The Hall–Kier alpha value is -1.91. The molecule has 0 aliphatic heterocycles. The van der Waals surface area contributed by atoms with Crippen molar-refractivity contribution in [3.05, 3.63) is 24.5 Å². The third-order valence-electron chi connectivity index (χ3n) is 3.43. The summed E-state index contributed by atoms with van der Waals surface area (Å²) in [5.74, 6) is 0. The lowest BCUT2D eigenvalue weighted by atomic mass is 9.96. The molecule has 5 nitrogen and oxygen atoms in total. The molecule has 2 aromatic heterocycles. The Morgan fingerprint density at radius 2 is 2.06 bits per heavy atom. The normalized spacial score (nSPS) is 17.6. The first kappa shape index (κ1) is 11.2. The van der Waals surface area contributed by atoms with Crippen molar-refractivity contribution < 1.29 is 0 Å². The molecule has 0 radical (unpaired) electrons. The highest BCUT2D eigenvalue weighted by atomic mass is 15.0. The highest BCUT2D eigenvalue weighted by molar-refractivity contribution is 5.78. The SMILES string of the molecule is C(=C\c1ncnc2nc[nH]c12)/NC1CCCCC1. The van der Waals surface area contributed by atoms with Gasteiger partial charge in [-0.2, -0.15) is 0 Å². The van der Waals surface area contributed by atoms with Crippen LogP contribution in [0, 0.1) is 0 Å². The molecule has 94 valence electrons. The minimum atomic E-state index is 0.620. The minimum Gasteiger partial charge on any atom is -0.388 e. The summed E-state index contributed by atoms with van der Waals surface area (Å²) in [5.41, 5.74) is 2.47. The van der Waals surface area contributed by atoms with E-state index < -0.39 is 0 Å². The number of fused-ring (bicyclic) bond motifs is 1. The van der Waals surface area contributed by atoms with Crippen LogP contribution in [0.5, 0.6) is 0 Å². The first-order valence-electron chi connectivity index (χ1n) is 6.50. The van der Waals surface area contributed by atoms with Crippen LogP contribution in [0.15, 0.2) is 18.9 Å². The molecule has 1 aliphatic rings. The summed E-state index contributed by atoms with van der Waals surface area (Å²) in [4.78, 5) is 15.5. The van der Waals surface area contributed by atoms with Gasteiger partial charge in [0, 0.05) is 6.04 Å².